The lowest BCUT2D eigenvalue weighted by atomic mass is 9.94. The van der Waals surface area contributed by atoms with Gasteiger partial charge in [-0.15, -0.1) is 0 Å². The molecular formula is C25H23ClN2O3S. The molecule has 0 unspecified atom stereocenters. The van der Waals surface area contributed by atoms with Gasteiger partial charge in [-0.2, -0.15) is 4.31 Å². The van der Waals surface area contributed by atoms with Gasteiger partial charge in [0.15, 0.2) is 0 Å². The molecule has 5 nitrogen and oxygen atoms in total. The maximum atomic E-state index is 13.8. The number of fused-ring (bicyclic) bond motifs is 3. The zero-order valence-corrected chi connectivity index (χ0v) is 19.4. The third-order valence-corrected chi connectivity index (χ3v) is 8.27. The lowest BCUT2D eigenvalue weighted by Gasteiger charge is -2.35. The number of para-hydroxylation sites is 1. The Morgan fingerprint density at radius 3 is 2.53 bits per heavy atom. The first-order chi connectivity index (χ1) is 15.4. The molecule has 5 rings (SSSR count). The van der Waals surface area contributed by atoms with Gasteiger partial charge in [-0.3, -0.25) is 0 Å². The molecule has 0 radical (unpaired) electrons. The van der Waals surface area contributed by atoms with Crippen molar-refractivity contribution in [3.63, 3.8) is 0 Å². The first-order valence-electron chi connectivity index (χ1n) is 10.4. The number of nitrogens with one attached hydrogen (secondary N) is 1. The highest BCUT2D eigenvalue weighted by atomic mass is 35.5. The van der Waals surface area contributed by atoms with E-state index >= 15 is 0 Å². The van der Waals surface area contributed by atoms with Crippen LogP contribution in [0.5, 0.6) is 5.75 Å². The van der Waals surface area contributed by atoms with Crippen LogP contribution in [0.4, 0.5) is 0 Å². The number of hydrogen-bond acceptors (Lipinski definition) is 3. The SMILES string of the molecule is COc1ccc(S(=O)(=O)N2CCc3c([nH]c4ccccc34)[C@@H]2c2ccc(C)cc2)cc1Cl. The molecule has 1 aliphatic heterocycles. The van der Waals surface area contributed by atoms with Gasteiger partial charge in [0, 0.05) is 23.1 Å². The average Bonchev–Trinajstić information content (AvgIpc) is 3.18. The minimum atomic E-state index is -3.82. The number of sulfonamides is 1. The van der Waals surface area contributed by atoms with Crippen molar-refractivity contribution in [2.24, 2.45) is 0 Å². The Hall–Kier alpha value is -2.80. The number of halogens is 1. The topological polar surface area (TPSA) is 62.4 Å². The number of hydrogen-bond donors (Lipinski definition) is 1. The number of benzene rings is 3. The monoisotopic (exact) mass is 466 g/mol. The van der Waals surface area contributed by atoms with E-state index in [1.54, 1.807) is 16.4 Å². The molecule has 0 aliphatic carbocycles. The molecule has 7 heteroatoms. The molecule has 0 saturated carbocycles. The molecule has 164 valence electrons. The number of ether oxygens (including phenoxy) is 1. The minimum Gasteiger partial charge on any atom is -0.495 e. The van der Waals surface area contributed by atoms with Gasteiger partial charge >= 0.3 is 0 Å². The number of methoxy groups -OCH3 is 1. The van der Waals surface area contributed by atoms with Gasteiger partial charge in [-0.25, -0.2) is 8.42 Å². The van der Waals surface area contributed by atoms with Crippen molar-refractivity contribution in [2.75, 3.05) is 13.7 Å². The maximum absolute atomic E-state index is 13.8. The second-order valence-electron chi connectivity index (χ2n) is 8.04. The lowest BCUT2D eigenvalue weighted by Crippen LogP contribution is -2.40. The Kier molecular flexibility index (Phi) is 5.24. The molecule has 32 heavy (non-hydrogen) atoms. The summed E-state index contributed by atoms with van der Waals surface area (Å²) in [6, 6.07) is 20.3. The van der Waals surface area contributed by atoms with Crippen LogP contribution >= 0.6 is 11.6 Å². The molecule has 0 fully saturated rings. The Labute approximate surface area is 192 Å². The smallest absolute Gasteiger partial charge is 0.244 e. The fourth-order valence-electron chi connectivity index (χ4n) is 4.50. The minimum absolute atomic E-state index is 0.153. The third-order valence-electron chi connectivity index (χ3n) is 6.11. The van der Waals surface area contributed by atoms with Gasteiger partial charge in [-0.05, 0) is 48.7 Å². The quantitative estimate of drug-likeness (QED) is 0.433. The summed E-state index contributed by atoms with van der Waals surface area (Å²) in [6.45, 7) is 2.40. The molecule has 1 atom stereocenters. The average molecular weight is 467 g/mol. The summed E-state index contributed by atoms with van der Waals surface area (Å²) in [5, 5.41) is 1.41. The van der Waals surface area contributed by atoms with Crippen LogP contribution in [0.1, 0.15) is 28.4 Å². The third kappa shape index (κ3) is 3.39. The van der Waals surface area contributed by atoms with Gasteiger partial charge in [0.2, 0.25) is 10.0 Å². The fraction of sp³-hybridized carbons (Fsp3) is 0.200. The van der Waals surface area contributed by atoms with Crippen molar-refractivity contribution < 1.29 is 13.2 Å². The summed E-state index contributed by atoms with van der Waals surface area (Å²) in [4.78, 5) is 3.66. The van der Waals surface area contributed by atoms with E-state index in [2.05, 4.69) is 11.1 Å². The summed E-state index contributed by atoms with van der Waals surface area (Å²) < 4.78 is 34.4. The summed E-state index contributed by atoms with van der Waals surface area (Å²) in [7, 11) is -2.32. The fourth-order valence-corrected chi connectivity index (χ4v) is 6.44. The van der Waals surface area contributed by atoms with Gasteiger partial charge < -0.3 is 9.72 Å². The van der Waals surface area contributed by atoms with E-state index < -0.39 is 16.1 Å². The van der Waals surface area contributed by atoms with E-state index in [1.807, 2.05) is 49.4 Å². The van der Waals surface area contributed by atoms with Crippen molar-refractivity contribution in [2.45, 2.75) is 24.3 Å². The second kappa shape index (κ2) is 7.96. The molecule has 4 aromatic rings. The second-order valence-corrected chi connectivity index (χ2v) is 10.3. The van der Waals surface area contributed by atoms with Crippen molar-refractivity contribution in [3.05, 3.63) is 94.1 Å². The van der Waals surface area contributed by atoms with Crippen molar-refractivity contribution in [1.29, 1.82) is 0 Å². The first kappa shape index (κ1) is 21.1. The molecule has 0 saturated heterocycles. The van der Waals surface area contributed by atoms with Crippen LogP contribution in [0.2, 0.25) is 5.02 Å². The molecule has 0 amide bonds. The highest BCUT2D eigenvalue weighted by molar-refractivity contribution is 7.89. The van der Waals surface area contributed by atoms with Crippen LogP contribution in [0.15, 0.2) is 71.6 Å². The molecule has 1 N–H and O–H groups in total. The summed E-state index contributed by atoms with van der Waals surface area (Å²) in [5.74, 6) is 0.442. The molecule has 2 heterocycles. The standard InChI is InChI=1S/C25H23ClN2O3S/c1-16-7-9-17(10-8-16)25-24-20(19-5-3-4-6-22(19)27-24)13-14-28(25)32(29,30)18-11-12-23(31-2)21(26)15-18/h3-12,15,25,27H,13-14H2,1-2H3/t25-/m0/s1. The highest BCUT2D eigenvalue weighted by Gasteiger charge is 2.39. The Balaban J connectivity index is 1.68. The van der Waals surface area contributed by atoms with E-state index in [0.29, 0.717) is 18.7 Å². The van der Waals surface area contributed by atoms with E-state index in [9.17, 15) is 8.42 Å². The first-order valence-corrected chi connectivity index (χ1v) is 12.2. The van der Waals surface area contributed by atoms with Crippen LogP contribution < -0.4 is 4.74 Å². The molecule has 0 bridgehead atoms. The molecule has 1 aromatic heterocycles. The molecule has 1 aliphatic rings. The summed E-state index contributed by atoms with van der Waals surface area (Å²) in [5.41, 5.74) is 5.15. The van der Waals surface area contributed by atoms with Crippen LogP contribution in [-0.4, -0.2) is 31.4 Å². The molecular weight excluding hydrogens is 444 g/mol. The number of nitrogens with zero attached hydrogens (tertiary/aromatic N) is 1. The Bertz CT molecular complexity index is 1410. The van der Waals surface area contributed by atoms with E-state index in [4.69, 9.17) is 16.3 Å². The predicted octanol–water partition coefficient (Wildman–Crippen LogP) is 5.47. The van der Waals surface area contributed by atoms with E-state index in [-0.39, 0.29) is 9.92 Å². The van der Waals surface area contributed by atoms with Gasteiger partial charge in [0.05, 0.1) is 23.1 Å². The number of aromatic nitrogens is 1. The van der Waals surface area contributed by atoms with Crippen LogP contribution in [-0.2, 0) is 16.4 Å². The van der Waals surface area contributed by atoms with Crippen molar-refractivity contribution >= 4 is 32.5 Å². The van der Waals surface area contributed by atoms with E-state index in [0.717, 1.165) is 27.7 Å². The highest BCUT2D eigenvalue weighted by Crippen LogP contribution is 2.41. The zero-order valence-electron chi connectivity index (χ0n) is 17.8. The lowest BCUT2D eigenvalue weighted by molar-refractivity contribution is 0.340. The van der Waals surface area contributed by atoms with E-state index in [1.165, 1.54) is 18.7 Å². The Morgan fingerprint density at radius 1 is 1.06 bits per heavy atom. The van der Waals surface area contributed by atoms with Gasteiger partial charge in [0.1, 0.15) is 5.75 Å². The largest absolute Gasteiger partial charge is 0.495 e. The van der Waals surface area contributed by atoms with Crippen molar-refractivity contribution in [1.82, 2.24) is 9.29 Å². The molecule has 3 aromatic carbocycles. The summed E-state index contributed by atoms with van der Waals surface area (Å²) >= 11 is 6.27. The normalized spacial score (nSPS) is 16.8. The predicted molar refractivity (Wildman–Crippen MR) is 127 cm³/mol. The van der Waals surface area contributed by atoms with Crippen molar-refractivity contribution in [3.8, 4) is 5.75 Å². The number of rotatable bonds is 4. The van der Waals surface area contributed by atoms with Gasteiger partial charge in [0.25, 0.3) is 0 Å². The van der Waals surface area contributed by atoms with Crippen LogP contribution in [0.3, 0.4) is 0 Å². The summed E-state index contributed by atoms with van der Waals surface area (Å²) in [6.07, 6.45) is 0.630. The Morgan fingerprint density at radius 2 is 1.81 bits per heavy atom. The number of aromatic amines is 1. The maximum Gasteiger partial charge on any atom is 0.244 e. The van der Waals surface area contributed by atoms with Crippen LogP contribution in [0, 0.1) is 6.92 Å². The van der Waals surface area contributed by atoms with Gasteiger partial charge in [-0.1, -0.05) is 59.6 Å². The molecule has 0 spiro atoms. The van der Waals surface area contributed by atoms with Crippen LogP contribution in [0.25, 0.3) is 10.9 Å². The number of H-pyrrole nitrogens is 1. The number of aryl methyl sites for hydroxylation is 1. The zero-order chi connectivity index (χ0) is 22.5.